The highest BCUT2D eigenvalue weighted by Gasteiger charge is 2.21. The van der Waals surface area contributed by atoms with E-state index in [1.807, 2.05) is 32.0 Å². The number of amides is 1. The lowest BCUT2D eigenvalue weighted by atomic mass is 10.1. The highest BCUT2D eigenvalue weighted by atomic mass is 16.5. The number of morpholine rings is 1. The van der Waals surface area contributed by atoms with Gasteiger partial charge in [-0.25, -0.2) is 9.97 Å². The van der Waals surface area contributed by atoms with Crippen LogP contribution in [0.25, 0.3) is 22.4 Å². The maximum atomic E-state index is 13.3. The Kier molecular flexibility index (Phi) is 5.55. The van der Waals surface area contributed by atoms with E-state index in [2.05, 4.69) is 25.3 Å². The molecule has 1 aliphatic heterocycles. The Balaban J connectivity index is 1.41. The van der Waals surface area contributed by atoms with E-state index in [1.54, 1.807) is 19.2 Å². The third kappa shape index (κ3) is 4.19. The molecule has 5 rings (SSSR count). The number of nitrogens with zero attached hydrogens (tertiary/aromatic N) is 4. The van der Waals surface area contributed by atoms with Gasteiger partial charge in [0.25, 0.3) is 11.6 Å². The SMILES string of the molecule is Cc1cc(-c2cc(C(=O)NCc3ccnc(N4CCOCC4)c3)c3c(C)noc3n2)c(C)o1. The smallest absolute Gasteiger partial charge is 0.259 e. The molecule has 0 aromatic carbocycles. The first-order valence-electron chi connectivity index (χ1n) is 10.9. The summed E-state index contributed by atoms with van der Waals surface area (Å²) in [5.74, 6) is 2.17. The number of fused-ring (bicyclic) bond motifs is 1. The number of carbonyl (C=O) groups excluding carboxylic acids is 1. The summed E-state index contributed by atoms with van der Waals surface area (Å²) in [5.41, 5.74) is 3.81. The van der Waals surface area contributed by atoms with Crippen molar-refractivity contribution >= 4 is 22.8 Å². The first kappa shape index (κ1) is 21.1. The second-order valence-corrected chi connectivity index (χ2v) is 8.13. The van der Waals surface area contributed by atoms with Crippen molar-refractivity contribution in [2.75, 3.05) is 31.2 Å². The predicted molar refractivity (Wildman–Crippen MR) is 122 cm³/mol. The molecule has 1 aliphatic rings. The molecule has 4 aromatic heterocycles. The van der Waals surface area contributed by atoms with Gasteiger partial charge in [-0.05, 0) is 50.6 Å². The Hall–Kier alpha value is -3.72. The van der Waals surface area contributed by atoms with Gasteiger partial charge in [0.05, 0.1) is 35.6 Å². The van der Waals surface area contributed by atoms with Crippen LogP contribution in [0, 0.1) is 20.8 Å². The number of hydrogen-bond acceptors (Lipinski definition) is 8. The molecule has 0 spiro atoms. The zero-order valence-corrected chi connectivity index (χ0v) is 18.8. The molecule has 5 heterocycles. The van der Waals surface area contributed by atoms with Gasteiger partial charge < -0.3 is 23.9 Å². The fourth-order valence-electron chi connectivity index (χ4n) is 4.11. The number of aryl methyl sites for hydroxylation is 3. The monoisotopic (exact) mass is 447 g/mol. The Morgan fingerprint density at radius 3 is 2.73 bits per heavy atom. The van der Waals surface area contributed by atoms with Crippen LogP contribution in [0.1, 0.15) is 33.1 Å². The summed E-state index contributed by atoms with van der Waals surface area (Å²) in [5, 5.41) is 7.65. The van der Waals surface area contributed by atoms with Gasteiger partial charge in [-0.1, -0.05) is 5.16 Å². The lowest BCUT2D eigenvalue weighted by Gasteiger charge is -2.28. The van der Waals surface area contributed by atoms with Crippen LogP contribution in [0.15, 0.2) is 39.4 Å². The van der Waals surface area contributed by atoms with Crippen molar-refractivity contribution in [1.82, 2.24) is 20.4 Å². The Morgan fingerprint density at radius 2 is 1.97 bits per heavy atom. The van der Waals surface area contributed by atoms with E-state index in [4.69, 9.17) is 13.7 Å². The zero-order valence-electron chi connectivity index (χ0n) is 18.8. The van der Waals surface area contributed by atoms with Crippen LogP contribution in [0.5, 0.6) is 0 Å². The minimum absolute atomic E-state index is 0.224. The van der Waals surface area contributed by atoms with Gasteiger partial charge in [0.2, 0.25) is 0 Å². The van der Waals surface area contributed by atoms with Crippen molar-refractivity contribution in [2.24, 2.45) is 0 Å². The van der Waals surface area contributed by atoms with Crippen molar-refractivity contribution in [3.63, 3.8) is 0 Å². The summed E-state index contributed by atoms with van der Waals surface area (Å²) in [7, 11) is 0. The fraction of sp³-hybridized carbons (Fsp3) is 0.333. The van der Waals surface area contributed by atoms with E-state index < -0.39 is 0 Å². The van der Waals surface area contributed by atoms with Crippen LogP contribution in [-0.2, 0) is 11.3 Å². The van der Waals surface area contributed by atoms with Crippen LogP contribution in [0.4, 0.5) is 5.82 Å². The molecule has 0 aliphatic carbocycles. The summed E-state index contributed by atoms with van der Waals surface area (Å²) >= 11 is 0. The molecule has 0 bridgehead atoms. The van der Waals surface area contributed by atoms with Crippen LogP contribution in [-0.4, -0.2) is 47.3 Å². The van der Waals surface area contributed by atoms with E-state index in [1.165, 1.54) is 0 Å². The molecule has 0 saturated carbocycles. The first-order chi connectivity index (χ1) is 16.0. The quantitative estimate of drug-likeness (QED) is 0.495. The van der Waals surface area contributed by atoms with Crippen LogP contribution in [0.3, 0.4) is 0 Å². The van der Waals surface area contributed by atoms with Gasteiger partial charge in [0.15, 0.2) is 0 Å². The molecule has 170 valence electrons. The van der Waals surface area contributed by atoms with Crippen molar-refractivity contribution in [3.05, 3.63) is 58.8 Å². The number of aromatic nitrogens is 3. The molecular formula is C24H25N5O4. The number of pyridine rings is 2. The molecular weight excluding hydrogens is 422 g/mol. The summed E-state index contributed by atoms with van der Waals surface area (Å²) in [6.45, 7) is 8.91. The molecule has 1 fully saturated rings. The Morgan fingerprint density at radius 1 is 1.15 bits per heavy atom. The number of furan rings is 1. The molecule has 1 saturated heterocycles. The number of hydrogen-bond donors (Lipinski definition) is 1. The first-order valence-corrected chi connectivity index (χ1v) is 10.9. The van der Waals surface area contributed by atoms with Gasteiger partial charge in [0, 0.05) is 31.4 Å². The summed E-state index contributed by atoms with van der Waals surface area (Å²) < 4.78 is 16.5. The van der Waals surface area contributed by atoms with Crippen LogP contribution >= 0.6 is 0 Å². The number of ether oxygens (including phenoxy) is 1. The van der Waals surface area contributed by atoms with Gasteiger partial charge in [-0.3, -0.25) is 4.79 Å². The lowest BCUT2D eigenvalue weighted by Crippen LogP contribution is -2.36. The van der Waals surface area contributed by atoms with E-state index in [0.29, 0.717) is 47.8 Å². The van der Waals surface area contributed by atoms with Gasteiger partial charge in [-0.15, -0.1) is 0 Å². The molecule has 0 radical (unpaired) electrons. The Labute approximate surface area is 190 Å². The van der Waals surface area contributed by atoms with E-state index in [-0.39, 0.29) is 5.91 Å². The second kappa shape index (κ2) is 8.67. The van der Waals surface area contributed by atoms with E-state index >= 15 is 0 Å². The van der Waals surface area contributed by atoms with Gasteiger partial charge in [-0.2, -0.15) is 0 Å². The molecule has 1 N–H and O–H groups in total. The Bertz CT molecular complexity index is 1320. The third-order valence-corrected chi connectivity index (χ3v) is 5.78. The maximum absolute atomic E-state index is 13.3. The maximum Gasteiger partial charge on any atom is 0.259 e. The highest BCUT2D eigenvalue weighted by molar-refractivity contribution is 6.07. The molecule has 9 heteroatoms. The number of anilines is 1. The van der Waals surface area contributed by atoms with Gasteiger partial charge >= 0.3 is 0 Å². The van der Waals surface area contributed by atoms with Crippen molar-refractivity contribution in [2.45, 2.75) is 27.3 Å². The average Bonchev–Trinajstić information content (AvgIpc) is 3.38. The molecule has 0 atom stereocenters. The predicted octanol–water partition coefficient (Wildman–Crippen LogP) is 3.57. The van der Waals surface area contributed by atoms with Crippen molar-refractivity contribution < 1.29 is 18.5 Å². The summed E-state index contributed by atoms with van der Waals surface area (Å²) in [6.07, 6.45) is 1.77. The zero-order chi connectivity index (χ0) is 22.9. The lowest BCUT2D eigenvalue weighted by molar-refractivity contribution is 0.0952. The molecule has 33 heavy (non-hydrogen) atoms. The minimum Gasteiger partial charge on any atom is -0.466 e. The second-order valence-electron chi connectivity index (χ2n) is 8.13. The minimum atomic E-state index is -0.224. The van der Waals surface area contributed by atoms with E-state index in [0.717, 1.165) is 41.6 Å². The standard InChI is InChI=1S/C24H25N5O4/c1-14-10-18(16(3)32-14)20-12-19(22-15(2)28-33-24(22)27-20)23(30)26-13-17-4-5-25-21(11-17)29-6-8-31-9-7-29/h4-5,10-12H,6-9,13H2,1-3H3,(H,26,30). The topological polar surface area (TPSA) is 107 Å². The molecule has 9 nitrogen and oxygen atoms in total. The number of carbonyl (C=O) groups is 1. The average molecular weight is 447 g/mol. The number of nitrogens with one attached hydrogen (secondary N) is 1. The van der Waals surface area contributed by atoms with Crippen LogP contribution in [0.2, 0.25) is 0 Å². The van der Waals surface area contributed by atoms with Gasteiger partial charge in [0.1, 0.15) is 17.3 Å². The summed E-state index contributed by atoms with van der Waals surface area (Å²) in [4.78, 5) is 24.5. The van der Waals surface area contributed by atoms with Crippen molar-refractivity contribution in [3.8, 4) is 11.3 Å². The van der Waals surface area contributed by atoms with Crippen molar-refractivity contribution in [1.29, 1.82) is 0 Å². The van der Waals surface area contributed by atoms with E-state index in [9.17, 15) is 4.79 Å². The number of rotatable bonds is 5. The van der Waals surface area contributed by atoms with Crippen LogP contribution < -0.4 is 10.2 Å². The molecule has 1 amide bonds. The molecule has 0 unspecified atom stereocenters. The fourth-order valence-corrected chi connectivity index (χ4v) is 4.11. The molecule has 4 aromatic rings. The highest BCUT2D eigenvalue weighted by Crippen LogP contribution is 2.30. The third-order valence-electron chi connectivity index (χ3n) is 5.78. The normalized spacial score (nSPS) is 14.1. The largest absolute Gasteiger partial charge is 0.466 e. The summed E-state index contributed by atoms with van der Waals surface area (Å²) in [6, 6.07) is 7.57.